The van der Waals surface area contributed by atoms with Gasteiger partial charge in [0.2, 0.25) is 0 Å². The number of fused-ring (bicyclic) bond motifs is 2. The van der Waals surface area contributed by atoms with Crippen LogP contribution in [-0.2, 0) is 5.75 Å². The highest BCUT2D eigenvalue weighted by Crippen LogP contribution is 2.40. The molecule has 1 atom stereocenters. The molecule has 1 aliphatic heterocycles. The Morgan fingerprint density at radius 1 is 1.17 bits per heavy atom. The Labute approximate surface area is 111 Å². The second kappa shape index (κ2) is 4.51. The number of benzene rings is 2. The maximum absolute atomic E-state index is 8.99. The van der Waals surface area contributed by atoms with Crippen LogP contribution in [0.2, 0.25) is 0 Å². The molecule has 1 aliphatic rings. The zero-order valence-electron chi connectivity index (χ0n) is 10.2. The Bertz CT molecular complexity index is 640. The van der Waals surface area contributed by atoms with E-state index >= 15 is 0 Å². The van der Waals surface area contributed by atoms with Gasteiger partial charge in [-0.2, -0.15) is 5.26 Å². The highest BCUT2D eigenvalue weighted by molar-refractivity contribution is 7.98. The van der Waals surface area contributed by atoms with Crippen molar-refractivity contribution in [1.82, 2.24) is 0 Å². The highest BCUT2D eigenvalue weighted by Gasteiger charge is 2.20. The van der Waals surface area contributed by atoms with Gasteiger partial charge in [-0.25, -0.2) is 0 Å². The molecule has 3 rings (SSSR count). The first-order valence-electron chi connectivity index (χ1n) is 6.04. The summed E-state index contributed by atoms with van der Waals surface area (Å²) >= 11 is 1.83. The molecule has 2 heteroatoms. The molecule has 0 N–H and O–H groups in total. The van der Waals surface area contributed by atoms with E-state index in [2.05, 4.69) is 43.3 Å². The molecule has 0 fully saturated rings. The fourth-order valence-electron chi connectivity index (χ4n) is 2.50. The lowest BCUT2D eigenvalue weighted by Gasteiger charge is -2.14. The summed E-state index contributed by atoms with van der Waals surface area (Å²) in [5, 5.41) is 8.99. The summed E-state index contributed by atoms with van der Waals surface area (Å²) < 4.78 is 0. The fraction of sp³-hybridized carbons (Fsp3) is 0.188. The Kier molecular flexibility index (Phi) is 2.85. The normalized spacial score (nSPS) is 17.2. The maximum atomic E-state index is 8.99. The monoisotopic (exact) mass is 251 g/mol. The van der Waals surface area contributed by atoms with Gasteiger partial charge < -0.3 is 0 Å². The average molecular weight is 251 g/mol. The Balaban J connectivity index is 2.15. The quantitative estimate of drug-likeness (QED) is 0.696. The second-order valence-corrected chi connectivity index (χ2v) is 5.59. The van der Waals surface area contributed by atoms with E-state index in [-0.39, 0.29) is 0 Å². The van der Waals surface area contributed by atoms with Crippen LogP contribution >= 0.6 is 11.8 Å². The van der Waals surface area contributed by atoms with Crippen LogP contribution in [0.3, 0.4) is 0 Å². The van der Waals surface area contributed by atoms with Gasteiger partial charge in [-0.15, -0.1) is 11.8 Å². The van der Waals surface area contributed by atoms with Crippen LogP contribution in [0.1, 0.15) is 35.1 Å². The van der Waals surface area contributed by atoms with Crippen LogP contribution < -0.4 is 0 Å². The lowest BCUT2D eigenvalue weighted by molar-refractivity contribution is 0.889. The summed E-state index contributed by atoms with van der Waals surface area (Å²) in [4.78, 5) is 1.25. The van der Waals surface area contributed by atoms with E-state index in [1.807, 2.05) is 23.9 Å². The van der Waals surface area contributed by atoms with Gasteiger partial charge in [-0.1, -0.05) is 37.3 Å². The lowest BCUT2D eigenvalue weighted by Crippen LogP contribution is -1.98. The van der Waals surface area contributed by atoms with E-state index in [4.69, 9.17) is 5.26 Å². The van der Waals surface area contributed by atoms with E-state index < -0.39 is 0 Å². The summed E-state index contributed by atoms with van der Waals surface area (Å²) in [6.45, 7) is 2.25. The first kappa shape index (κ1) is 11.4. The minimum atomic E-state index is 0.402. The van der Waals surface area contributed by atoms with Crippen molar-refractivity contribution in [3.05, 3.63) is 64.7 Å². The summed E-state index contributed by atoms with van der Waals surface area (Å²) in [7, 11) is 0. The van der Waals surface area contributed by atoms with E-state index in [1.54, 1.807) is 0 Å². The van der Waals surface area contributed by atoms with Gasteiger partial charge in [0.25, 0.3) is 0 Å². The van der Waals surface area contributed by atoms with E-state index in [0.717, 1.165) is 11.3 Å². The molecule has 0 radical (unpaired) electrons. The molecule has 18 heavy (non-hydrogen) atoms. The first-order valence-corrected chi connectivity index (χ1v) is 7.03. The number of hydrogen-bond acceptors (Lipinski definition) is 2. The third-order valence-corrected chi connectivity index (χ3v) is 4.63. The van der Waals surface area contributed by atoms with Gasteiger partial charge in [0.1, 0.15) is 0 Å². The minimum Gasteiger partial charge on any atom is -0.192 e. The van der Waals surface area contributed by atoms with Crippen LogP contribution in [0.25, 0.3) is 0 Å². The molecule has 0 amide bonds. The number of nitrogens with zero attached hydrogens (tertiary/aromatic N) is 1. The molecule has 1 unspecified atom stereocenters. The van der Waals surface area contributed by atoms with Crippen LogP contribution in [0.4, 0.5) is 0 Å². The fourth-order valence-corrected chi connectivity index (χ4v) is 3.69. The zero-order chi connectivity index (χ0) is 12.5. The summed E-state index contributed by atoms with van der Waals surface area (Å²) in [6.07, 6.45) is 0. The molecule has 88 valence electrons. The molecule has 0 saturated heterocycles. The standard InChI is InChI=1S/C16H13NS/c1-11-14-5-3-2-4-13(14)10-18-16-8-12(9-17)6-7-15(11)16/h2-8,11H,10H2,1H3. The van der Waals surface area contributed by atoms with E-state index in [0.29, 0.717) is 5.92 Å². The van der Waals surface area contributed by atoms with Gasteiger partial charge in [0, 0.05) is 16.6 Å². The molecule has 2 aromatic carbocycles. The molecule has 0 saturated carbocycles. The van der Waals surface area contributed by atoms with Gasteiger partial charge in [0.05, 0.1) is 11.6 Å². The Hall–Kier alpha value is -1.72. The third kappa shape index (κ3) is 1.81. The van der Waals surface area contributed by atoms with Gasteiger partial charge in [-0.05, 0) is 28.8 Å². The van der Waals surface area contributed by atoms with Gasteiger partial charge in [-0.3, -0.25) is 0 Å². The second-order valence-electron chi connectivity index (χ2n) is 4.57. The van der Waals surface area contributed by atoms with Crippen molar-refractivity contribution >= 4 is 11.8 Å². The predicted molar refractivity (Wildman–Crippen MR) is 74.7 cm³/mol. The molecule has 0 aliphatic carbocycles. The molecule has 1 heterocycles. The van der Waals surface area contributed by atoms with Crippen molar-refractivity contribution in [3.63, 3.8) is 0 Å². The summed E-state index contributed by atoms with van der Waals surface area (Å²) in [6, 6.07) is 16.9. The molecule has 0 bridgehead atoms. The van der Waals surface area contributed by atoms with Crippen molar-refractivity contribution < 1.29 is 0 Å². The van der Waals surface area contributed by atoms with Crippen LogP contribution in [0, 0.1) is 11.3 Å². The summed E-state index contributed by atoms with van der Waals surface area (Å²) in [5.74, 6) is 1.39. The molecule has 0 spiro atoms. The number of rotatable bonds is 0. The average Bonchev–Trinajstić information content (AvgIpc) is 2.57. The van der Waals surface area contributed by atoms with Crippen molar-refractivity contribution in [1.29, 1.82) is 5.26 Å². The maximum Gasteiger partial charge on any atom is 0.0992 e. The van der Waals surface area contributed by atoms with Crippen LogP contribution in [0.5, 0.6) is 0 Å². The van der Waals surface area contributed by atoms with E-state index in [1.165, 1.54) is 21.6 Å². The zero-order valence-corrected chi connectivity index (χ0v) is 11.0. The molecule has 2 aromatic rings. The third-order valence-electron chi connectivity index (χ3n) is 3.51. The smallest absolute Gasteiger partial charge is 0.0992 e. The first-order chi connectivity index (χ1) is 8.79. The predicted octanol–water partition coefficient (Wildman–Crippen LogP) is 4.32. The van der Waals surface area contributed by atoms with Crippen molar-refractivity contribution in [2.75, 3.05) is 0 Å². The van der Waals surface area contributed by atoms with Crippen molar-refractivity contribution in [3.8, 4) is 6.07 Å². The number of hydrogen-bond donors (Lipinski definition) is 0. The van der Waals surface area contributed by atoms with Crippen molar-refractivity contribution in [2.45, 2.75) is 23.5 Å². The highest BCUT2D eigenvalue weighted by atomic mass is 32.2. The topological polar surface area (TPSA) is 23.8 Å². The number of thioether (sulfide) groups is 1. The van der Waals surface area contributed by atoms with Gasteiger partial charge in [0.15, 0.2) is 0 Å². The Morgan fingerprint density at radius 2 is 2.00 bits per heavy atom. The Morgan fingerprint density at radius 3 is 2.83 bits per heavy atom. The van der Waals surface area contributed by atoms with E-state index in [9.17, 15) is 0 Å². The van der Waals surface area contributed by atoms with Gasteiger partial charge >= 0.3 is 0 Å². The molecular weight excluding hydrogens is 238 g/mol. The van der Waals surface area contributed by atoms with Crippen molar-refractivity contribution in [2.24, 2.45) is 0 Å². The van der Waals surface area contributed by atoms with Crippen LogP contribution in [0.15, 0.2) is 47.4 Å². The lowest BCUT2D eigenvalue weighted by atomic mass is 9.90. The minimum absolute atomic E-state index is 0.402. The summed E-state index contributed by atoms with van der Waals surface area (Å²) in [5.41, 5.74) is 4.90. The SMILES string of the molecule is CC1c2ccccc2CSc2cc(C#N)ccc21. The van der Waals surface area contributed by atoms with Crippen LogP contribution in [-0.4, -0.2) is 0 Å². The molecule has 0 aromatic heterocycles. The molecule has 1 nitrogen and oxygen atoms in total. The largest absolute Gasteiger partial charge is 0.192 e. The number of nitriles is 1. The molecular formula is C16H13NS.